The van der Waals surface area contributed by atoms with Gasteiger partial charge >= 0.3 is 53.9 Å². The lowest BCUT2D eigenvalue weighted by molar-refractivity contribution is -0.414. The van der Waals surface area contributed by atoms with Crippen LogP contribution in [0.1, 0.15) is 33.6 Å². The molecule has 36 heavy (non-hydrogen) atoms. The van der Waals surface area contributed by atoms with Crippen molar-refractivity contribution in [1.29, 1.82) is 0 Å². The number of esters is 2. The fourth-order valence-electron chi connectivity index (χ4n) is 2.56. The van der Waals surface area contributed by atoms with Crippen molar-refractivity contribution < 1.29 is 81.6 Å². The van der Waals surface area contributed by atoms with E-state index in [1.54, 1.807) is 0 Å². The number of aliphatic carboxylic acids is 1. The van der Waals surface area contributed by atoms with Crippen LogP contribution in [0, 0.1) is 11.3 Å². The first kappa shape index (κ1) is 33.6. The van der Waals surface area contributed by atoms with Crippen molar-refractivity contribution in [2.24, 2.45) is 11.3 Å². The lowest BCUT2D eigenvalue weighted by Gasteiger charge is -2.39. The topological polar surface area (TPSA) is 89.9 Å². The molecule has 18 heteroatoms. The zero-order valence-electron chi connectivity index (χ0n) is 18.5. The van der Waals surface area contributed by atoms with Crippen LogP contribution in [0.4, 0.5) is 52.7 Å². The van der Waals surface area contributed by atoms with Crippen molar-refractivity contribution in [1.82, 2.24) is 0 Å². The summed E-state index contributed by atoms with van der Waals surface area (Å²) in [5.74, 6) is -42.4. The Bertz CT molecular complexity index is 812. The fraction of sp³-hybridized carbons (Fsp3) is 0.833. The molecule has 0 fully saturated rings. The SMILES string of the molecule is CCC(CC(C)(C)C(=O)OCC(F)(F)C(F)(F)C(F)(F)C(F)(F)C(F)(F)C(F)F)C(=O)OCC(=O)O. The second-order valence-corrected chi connectivity index (χ2v) is 8.12. The third kappa shape index (κ3) is 6.46. The molecule has 1 unspecified atom stereocenters. The average Bonchev–Trinajstić information content (AvgIpc) is 2.73. The van der Waals surface area contributed by atoms with Gasteiger partial charge in [-0.05, 0) is 26.7 Å². The summed E-state index contributed by atoms with van der Waals surface area (Å²) in [6.45, 7) is -1.07. The number of carbonyl (C=O) groups is 3. The van der Waals surface area contributed by atoms with E-state index in [0.717, 1.165) is 13.8 Å². The Kier molecular flexibility index (Phi) is 10.2. The molecule has 0 saturated heterocycles. The quantitative estimate of drug-likeness (QED) is 0.237. The molecular formula is C18H20F12O6. The van der Waals surface area contributed by atoms with Gasteiger partial charge in [-0.25, -0.2) is 13.6 Å². The zero-order chi connectivity index (χ0) is 29.1. The third-order valence-corrected chi connectivity index (χ3v) is 4.80. The largest absolute Gasteiger partial charge is 0.479 e. The van der Waals surface area contributed by atoms with Crippen LogP contribution in [0.15, 0.2) is 0 Å². The number of ether oxygens (including phenoxy) is 2. The van der Waals surface area contributed by atoms with Crippen LogP contribution in [-0.4, -0.2) is 72.3 Å². The highest BCUT2D eigenvalue weighted by Crippen LogP contribution is 2.58. The van der Waals surface area contributed by atoms with Gasteiger partial charge in [-0.3, -0.25) is 9.59 Å². The van der Waals surface area contributed by atoms with E-state index < -0.39 is 84.9 Å². The van der Waals surface area contributed by atoms with Crippen LogP contribution < -0.4 is 0 Å². The summed E-state index contributed by atoms with van der Waals surface area (Å²) >= 11 is 0. The Morgan fingerprint density at radius 3 is 1.67 bits per heavy atom. The number of alkyl halides is 12. The fourth-order valence-corrected chi connectivity index (χ4v) is 2.56. The number of carboxylic acid groups (broad SMARTS) is 1. The van der Waals surface area contributed by atoms with Gasteiger partial charge in [0.2, 0.25) is 0 Å². The molecule has 0 spiro atoms. The Morgan fingerprint density at radius 1 is 0.806 bits per heavy atom. The van der Waals surface area contributed by atoms with Gasteiger partial charge in [0.25, 0.3) is 0 Å². The standard InChI is InChI=1S/C18H20F12O6/c1-4-8(10(33)35-6-9(31)32)5-13(2,3)12(34)36-7-14(21,22)16(25,26)18(29,30)17(27,28)15(23,24)11(19)20/h8,11H,4-7H2,1-3H3,(H,31,32). The van der Waals surface area contributed by atoms with Crippen LogP contribution in [0.2, 0.25) is 0 Å². The van der Waals surface area contributed by atoms with Gasteiger partial charge in [0.1, 0.15) is 0 Å². The summed E-state index contributed by atoms with van der Waals surface area (Å²) in [7, 11) is 0. The lowest BCUT2D eigenvalue weighted by atomic mass is 9.81. The van der Waals surface area contributed by atoms with Gasteiger partial charge in [0.05, 0.1) is 11.3 Å². The van der Waals surface area contributed by atoms with Crippen molar-refractivity contribution in [3.8, 4) is 0 Å². The zero-order valence-corrected chi connectivity index (χ0v) is 18.5. The molecule has 1 N–H and O–H groups in total. The maximum Gasteiger partial charge on any atom is 0.384 e. The second-order valence-electron chi connectivity index (χ2n) is 8.12. The summed E-state index contributed by atoms with van der Waals surface area (Å²) in [6, 6.07) is 0. The van der Waals surface area contributed by atoms with Gasteiger partial charge in [0, 0.05) is 0 Å². The molecule has 0 saturated carbocycles. The predicted molar refractivity (Wildman–Crippen MR) is 92.5 cm³/mol. The molecule has 0 aromatic carbocycles. The van der Waals surface area contributed by atoms with Crippen molar-refractivity contribution in [2.75, 3.05) is 13.2 Å². The van der Waals surface area contributed by atoms with Crippen LogP contribution in [0.25, 0.3) is 0 Å². The van der Waals surface area contributed by atoms with Crippen LogP contribution in [-0.2, 0) is 23.9 Å². The normalized spacial score (nSPS) is 15.0. The number of hydrogen-bond acceptors (Lipinski definition) is 5. The molecule has 0 aliphatic rings. The molecule has 1 atom stereocenters. The summed E-state index contributed by atoms with van der Waals surface area (Å²) < 4.78 is 166. The minimum Gasteiger partial charge on any atom is -0.479 e. The Labute approximate surface area is 194 Å². The highest BCUT2D eigenvalue weighted by atomic mass is 19.4. The van der Waals surface area contributed by atoms with Gasteiger partial charge in [-0.2, -0.15) is 43.9 Å². The Morgan fingerprint density at radius 2 is 1.28 bits per heavy atom. The maximum atomic E-state index is 13.8. The molecule has 6 nitrogen and oxygen atoms in total. The summed E-state index contributed by atoms with van der Waals surface area (Å²) in [4.78, 5) is 34.3. The van der Waals surface area contributed by atoms with E-state index in [1.807, 2.05) is 0 Å². The van der Waals surface area contributed by atoms with E-state index in [-0.39, 0.29) is 6.42 Å². The molecule has 0 aromatic heterocycles. The maximum absolute atomic E-state index is 13.8. The van der Waals surface area contributed by atoms with E-state index >= 15 is 0 Å². The molecule has 0 aliphatic heterocycles. The number of rotatable bonds is 14. The van der Waals surface area contributed by atoms with E-state index in [0.29, 0.717) is 0 Å². The molecule has 0 bridgehead atoms. The average molecular weight is 560 g/mol. The smallest absolute Gasteiger partial charge is 0.384 e. The molecule has 0 aromatic rings. The molecule has 0 aliphatic carbocycles. The number of halogens is 12. The first-order chi connectivity index (χ1) is 15.8. The van der Waals surface area contributed by atoms with Gasteiger partial charge in [-0.1, -0.05) is 6.92 Å². The van der Waals surface area contributed by atoms with Crippen LogP contribution >= 0.6 is 0 Å². The molecule has 212 valence electrons. The third-order valence-electron chi connectivity index (χ3n) is 4.80. The van der Waals surface area contributed by atoms with Gasteiger partial charge in [-0.15, -0.1) is 0 Å². The van der Waals surface area contributed by atoms with E-state index in [4.69, 9.17) is 5.11 Å². The first-order valence-corrected chi connectivity index (χ1v) is 9.56. The van der Waals surface area contributed by atoms with Crippen molar-refractivity contribution in [3.63, 3.8) is 0 Å². The second kappa shape index (κ2) is 10.9. The number of hydrogen-bond donors (Lipinski definition) is 1. The minimum absolute atomic E-state index is 0.136. The Hall–Kier alpha value is -2.43. The van der Waals surface area contributed by atoms with Crippen LogP contribution in [0.3, 0.4) is 0 Å². The van der Waals surface area contributed by atoms with Crippen molar-refractivity contribution >= 4 is 17.9 Å². The van der Waals surface area contributed by atoms with E-state index in [9.17, 15) is 67.1 Å². The van der Waals surface area contributed by atoms with Crippen molar-refractivity contribution in [3.05, 3.63) is 0 Å². The molecule has 0 rings (SSSR count). The summed E-state index contributed by atoms with van der Waals surface area (Å²) in [5, 5.41) is 8.47. The predicted octanol–water partition coefficient (Wildman–Crippen LogP) is 5.04. The first-order valence-electron chi connectivity index (χ1n) is 9.56. The monoisotopic (exact) mass is 560 g/mol. The highest BCUT2D eigenvalue weighted by Gasteiger charge is 2.87. The summed E-state index contributed by atoms with van der Waals surface area (Å²) in [5.41, 5.74) is -2.05. The Balaban J connectivity index is 5.70. The minimum atomic E-state index is -7.76. The number of carbonyl (C=O) groups excluding carboxylic acids is 2. The van der Waals surface area contributed by atoms with Gasteiger partial charge in [0.15, 0.2) is 13.2 Å². The van der Waals surface area contributed by atoms with Crippen LogP contribution in [0.5, 0.6) is 0 Å². The van der Waals surface area contributed by atoms with E-state index in [2.05, 4.69) is 9.47 Å². The van der Waals surface area contributed by atoms with E-state index in [1.165, 1.54) is 6.92 Å². The van der Waals surface area contributed by atoms with Gasteiger partial charge < -0.3 is 14.6 Å². The molecule has 0 heterocycles. The highest BCUT2D eigenvalue weighted by molar-refractivity contribution is 5.79. The van der Waals surface area contributed by atoms with Crippen molar-refractivity contribution in [2.45, 2.75) is 69.7 Å². The summed E-state index contributed by atoms with van der Waals surface area (Å²) in [6.07, 6.45) is -6.43. The molecular weight excluding hydrogens is 540 g/mol. The number of carboxylic acids is 1. The molecule has 0 amide bonds. The molecule has 0 radical (unpaired) electrons. The lowest BCUT2D eigenvalue weighted by Crippen LogP contribution is -2.69.